The van der Waals surface area contributed by atoms with Crippen LogP contribution >= 0.6 is 22.9 Å². The van der Waals surface area contributed by atoms with E-state index in [1.165, 1.54) is 6.92 Å². The van der Waals surface area contributed by atoms with Crippen LogP contribution in [0.25, 0.3) is 0 Å². The van der Waals surface area contributed by atoms with Crippen molar-refractivity contribution in [3.63, 3.8) is 0 Å². The van der Waals surface area contributed by atoms with Gasteiger partial charge in [-0.3, -0.25) is 4.79 Å². The standard InChI is InChI=1S/C13H11ClF2N2O2S/c1-7(19)17-8-2-4-9(5-3-8)20-6-10-18-12(14)11(21-10)13(15)16/h2-5,13H,6H2,1H3,(H,17,19). The molecule has 0 spiro atoms. The average Bonchev–Trinajstić information content (AvgIpc) is 2.79. The van der Waals surface area contributed by atoms with Crippen molar-refractivity contribution < 1.29 is 18.3 Å². The van der Waals surface area contributed by atoms with E-state index in [0.717, 1.165) is 11.3 Å². The minimum absolute atomic E-state index is 0.0522. The molecule has 2 rings (SSSR count). The van der Waals surface area contributed by atoms with Crippen molar-refractivity contribution in [3.05, 3.63) is 39.3 Å². The summed E-state index contributed by atoms with van der Waals surface area (Å²) in [5, 5.41) is 2.81. The molecule has 0 unspecified atom stereocenters. The number of carbonyl (C=O) groups is 1. The lowest BCUT2D eigenvalue weighted by atomic mass is 10.3. The molecule has 21 heavy (non-hydrogen) atoms. The number of amides is 1. The number of halogens is 3. The SMILES string of the molecule is CC(=O)Nc1ccc(OCc2nc(Cl)c(C(F)F)s2)cc1. The Kier molecular flexibility index (Phi) is 5.08. The Labute approximate surface area is 128 Å². The van der Waals surface area contributed by atoms with E-state index < -0.39 is 6.43 Å². The smallest absolute Gasteiger partial charge is 0.275 e. The predicted octanol–water partition coefficient (Wildman–Crippen LogP) is 4.27. The van der Waals surface area contributed by atoms with Gasteiger partial charge in [-0.1, -0.05) is 11.6 Å². The number of ether oxygens (including phenoxy) is 1. The van der Waals surface area contributed by atoms with Crippen molar-refractivity contribution in [2.24, 2.45) is 0 Å². The molecule has 0 radical (unpaired) electrons. The van der Waals surface area contributed by atoms with Gasteiger partial charge < -0.3 is 10.1 Å². The van der Waals surface area contributed by atoms with Crippen LogP contribution in [0.15, 0.2) is 24.3 Å². The summed E-state index contributed by atoms with van der Waals surface area (Å²) in [4.78, 5) is 14.4. The minimum Gasteiger partial charge on any atom is -0.486 e. The maximum Gasteiger partial charge on any atom is 0.275 e. The second-order valence-corrected chi connectivity index (χ2v) is 5.53. The van der Waals surface area contributed by atoms with Crippen LogP contribution in [0.4, 0.5) is 14.5 Å². The van der Waals surface area contributed by atoms with Crippen LogP contribution in [0, 0.1) is 0 Å². The van der Waals surface area contributed by atoms with Crippen molar-refractivity contribution in [3.8, 4) is 5.75 Å². The summed E-state index contributed by atoms with van der Waals surface area (Å²) in [6.07, 6.45) is -2.64. The number of rotatable bonds is 5. The Balaban J connectivity index is 1.96. The van der Waals surface area contributed by atoms with Gasteiger partial charge in [-0.05, 0) is 24.3 Å². The molecule has 1 heterocycles. The van der Waals surface area contributed by atoms with Crippen LogP contribution in [-0.4, -0.2) is 10.9 Å². The number of carbonyl (C=O) groups excluding carboxylic acids is 1. The quantitative estimate of drug-likeness (QED) is 0.889. The van der Waals surface area contributed by atoms with Gasteiger partial charge in [0.25, 0.3) is 6.43 Å². The van der Waals surface area contributed by atoms with Crippen LogP contribution in [0.5, 0.6) is 5.75 Å². The molecule has 112 valence electrons. The normalized spacial score (nSPS) is 10.7. The molecule has 8 heteroatoms. The van der Waals surface area contributed by atoms with Gasteiger partial charge in [0.05, 0.1) is 0 Å². The van der Waals surface area contributed by atoms with Crippen LogP contribution in [0.1, 0.15) is 23.2 Å². The molecule has 0 fully saturated rings. The Morgan fingerprint density at radius 1 is 1.43 bits per heavy atom. The molecular formula is C13H11ClF2N2O2S. The molecule has 1 aromatic carbocycles. The first-order chi connectivity index (χ1) is 9.95. The summed E-state index contributed by atoms with van der Waals surface area (Å²) in [5.74, 6) is 0.370. The number of hydrogen-bond acceptors (Lipinski definition) is 4. The highest BCUT2D eigenvalue weighted by atomic mass is 35.5. The zero-order valence-corrected chi connectivity index (χ0v) is 12.5. The van der Waals surface area contributed by atoms with Crippen molar-refractivity contribution in [1.29, 1.82) is 0 Å². The predicted molar refractivity (Wildman–Crippen MR) is 77.2 cm³/mol. The minimum atomic E-state index is -2.64. The van der Waals surface area contributed by atoms with Crippen LogP contribution in [0.3, 0.4) is 0 Å². The third-order valence-electron chi connectivity index (χ3n) is 2.39. The van der Waals surface area contributed by atoms with E-state index in [9.17, 15) is 13.6 Å². The molecule has 2 aromatic rings. The highest BCUT2D eigenvalue weighted by molar-refractivity contribution is 7.12. The first-order valence-electron chi connectivity index (χ1n) is 5.89. The molecule has 0 saturated heterocycles. The van der Waals surface area contributed by atoms with Gasteiger partial charge in [0.15, 0.2) is 0 Å². The number of anilines is 1. The molecule has 0 atom stereocenters. The number of aromatic nitrogens is 1. The Hall–Kier alpha value is -1.73. The summed E-state index contributed by atoms with van der Waals surface area (Å²) >= 11 is 6.44. The van der Waals surface area contributed by atoms with Gasteiger partial charge in [-0.15, -0.1) is 11.3 Å². The Morgan fingerprint density at radius 2 is 2.10 bits per heavy atom. The molecule has 0 bridgehead atoms. The van der Waals surface area contributed by atoms with Gasteiger partial charge >= 0.3 is 0 Å². The van der Waals surface area contributed by atoms with Crippen LogP contribution in [-0.2, 0) is 11.4 Å². The van der Waals surface area contributed by atoms with Gasteiger partial charge in [0.2, 0.25) is 5.91 Å². The average molecular weight is 333 g/mol. The summed E-state index contributed by atoms with van der Waals surface area (Å²) < 4.78 is 30.6. The molecule has 1 aromatic heterocycles. The molecule has 4 nitrogen and oxygen atoms in total. The maximum atomic E-state index is 12.6. The number of hydrogen-bond donors (Lipinski definition) is 1. The van der Waals surface area contributed by atoms with Crippen molar-refractivity contribution >= 4 is 34.5 Å². The fourth-order valence-corrected chi connectivity index (χ4v) is 2.61. The lowest BCUT2D eigenvalue weighted by Crippen LogP contribution is -2.05. The molecule has 0 aliphatic carbocycles. The van der Waals surface area contributed by atoms with Gasteiger partial charge in [0.1, 0.15) is 27.4 Å². The number of thiazole rings is 1. The van der Waals surface area contributed by atoms with E-state index in [4.69, 9.17) is 16.3 Å². The number of nitrogens with zero attached hydrogens (tertiary/aromatic N) is 1. The van der Waals surface area contributed by atoms with Crippen molar-refractivity contribution in [2.45, 2.75) is 20.0 Å². The lowest BCUT2D eigenvalue weighted by Gasteiger charge is -2.06. The monoisotopic (exact) mass is 332 g/mol. The molecule has 0 aliphatic heterocycles. The first kappa shape index (κ1) is 15.7. The molecule has 1 amide bonds. The van der Waals surface area contributed by atoms with E-state index in [1.807, 2.05) is 0 Å². The fraction of sp³-hybridized carbons (Fsp3) is 0.231. The summed E-state index contributed by atoms with van der Waals surface area (Å²) in [7, 11) is 0. The summed E-state index contributed by atoms with van der Waals surface area (Å²) in [6, 6.07) is 6.68. The molecule has 1 N–H and O–H groups in total. The van der Waals surface area contributed by atoms with E-state index in [-0.39, 0.29) is 22.5 Å². The summed E-state index contributed by atoms with van der Waals surface area (Å²) in [5.41, 5.74) is 0.645. The van der Waals surface area contributed by atoms with E-state index >= 15 is 0 Å². The fourth-order valence-electron chi connectivity index (χ4n) is 1.54. The highest BCUT2D eigenvalue weighted by Gasteiger charge is 2.18. The van der Waals surface area contributed by atoms with E-state index in [2.05, 4.69) is 10.3 Å². The lowest BCUT2D eigenvalue weighted by molar-refractivity contribution is -0.114. The number of nitrogens with one attached hydrogen (secondary N) is 1. The van der Waals surface area contributed by atoms with Crippen molar-refractivity contribution in [2.75, 3.05) is 5.32 Å². The second kappa shape index (κ2) is 6.82. The van der Waals surface area contributed by atoms with Crippen LogP contribution < -0.4 is 10.1 Å². The molecular weight excluding hydrogens is 322 g/mol. The largest absolute Gasteiger partial charge is 0.486 e. The highest BCUT2D eigenvalue weighted by Crippen LogP contribution is 2.32. The van der Waals surface area contributed by atoms with E-state index in [0.29, 0.717) is 16.4 Å². The summed E-state index contributed by atoms with van der Waals surface area (Å²) in [6.45, 7) is 1.47. The molecule has 0 aliphatic rings. The third-order valence-corrected chi connectivity index (χ3v) is 3.83. The van der Waals surface area contributed by atoms with Gasteiger partial charge in [0, 0.05) is 12.6 Å². The third kappa shape index (κ3) is 4.37. The topological polar surface area (TPSA) is 51.2 Å². The maximum absolute atomic E-state index is 12.6. The Bertz CT molecular complexity index is 632. The number of alkyl halides is 2. The van der Waals surface area contributed by atoms with Gasteiger partial charge in [-0.25, -0.2) is 13.8 Å². The number of benzene rings is 1. The Morgan fingerprint density at radius 3 is 2.62 bits per heavy atom. The van der Waals surface area contributed by atoms with Gasteiger partial charge in [-0.2, -0.15) is 0 Å². The zero-order chi connectivity index (χ0) is 15.4. The first-order valence-corrected chi connectivity index (χ1v) is 7.09. The van der Waals surface area contributed by atoms with E-state index in [1.54, 1.807) is 24.3 Å². The second-order valence-electron chi connectivity index (χ2n) is 4.06. The van der Waals surface area contributed by atoms with Crippen molar-refractivity contribution in [1.82, 2.24) is 4.98 Å². The molecule has 0 saturated carbocycles. The zero-order valence-electron chi connectivity index (χ0n) is 10.9. The van der Waals surface area contributed by atoms with Crippen LogP contribution in [0.2, 0.25) is 5.15 Å².